The lowest BCUT2D eigenvalue weighted by Gasteiger charge is -2.32. The van der Waals surface area contributed by atoms with Crippen LogP contribution in [0.2, 0.25) is 0 Å². The smallest absolute Gasteiger partial charge is 0.275 e. The first kappa shape index (κ1) is 17.9. The minimum Gasteiger partial charge on any atom is -0.376 e. The van der Waals surface area contributed by atoms with Crippen LogP contribution in [0.3, 0.4) is 0 Å². The monoisotopic (exact) mass is 363 g/mol. The highest BCUT2D eigenvalue weighted by Crippen LogP contribution is 2.25. The van der Waals surface area contributed by atoms with Crippen LogP contribution in [-0.4, -0.2) is 40.5 Å². The predicted molar refractivity (Wildman–Crippen MR) is 108 cm³/mol. The number of morpholine rings is 1. The number of nitrogens with zero attached hydrogens (tertiary/aromatic N) is 3. The van der Waals surface area contributed by atoms with E-state index in [1.165, 1.54) is 5.56 Å². The van der Waals surface area contributed by atoms with Crippen molar-refractivity contribution in [2.45, 2.75) is 33.0 Å². The van der Waals surface area contributed by atoms with Crippen molar-refractivity contribution in [2.75, 3.05) is 19.7 Å². The summed E-state index contributed by atoms with van der Waals surface area (Å²) in [4.78, 5) is 15.3. The van der Waals surface area contributed by atoms with E-state index in [9.17, 15) is 4.79 Å². The summed E-state index contributed by atoms with van der Waals surface area (Å²) in [6.45, 7) is 7.03. The van der Waals surface area contributed by atoms with Crippen molar-refractivity contribution in [3.05, 3.63) is 64.4 Å². The summed E-state index contributed by atoms with van der Waals surface area (Å²) < 4.78 is 7.36. The molecule has 1 aliphatic rings. The van der Waals surface area contributed by atoms with Crippen LogP contribution in [0, 0.1) is 6.92 Å². The highest BCUT2D eigenvalue weighted by Gasteiger charge is 2.20. The molecule has 1 aromatic heterocycles. The maximum absolute atomic E-state index is 13.0. The second-order valence-corrected chi connectivity index (χ2v) is 7.18. The summed E-state index contributed by atoms with van der Waals surface area (Å²) in [5.41, 5.74) is 3.04. The molecule has 0 radical (unpaired) electrons. The molecular weight excluding hydrogens is 338 g/mol. The van der Waals surface area contributed by atoms with E-state index in [1.54, 1.807) is 4.68 Å². The zero-order chi connectivity index (χ0) is 18.8. The van der Waals surface area contributed by atoms with Crippen LogP contribution in [0.4, 0.5) is 0 Å². The second-order valence-electron chi connectivity index (χ2n) is 7.18. The SMILES string of the molecule is CCC1CN(Cn2nc(-c3ccc(C)cc3)c3ccccc3c2=O)CCO1. The van der Waals surface area contributed by atoms with Crippen LogP contribution in [0.15, 0.2) is 53.3 Å². The average molecular weight is 363 g/mol. The number of fused-ring (bicyclic) bond motifs is 1. The van der Waals surface area contributed by atoms with Gasteiger partial charge in [0, 0.05) is 24.0 Å². The molecule has 2 heterocycles. The summed E-state index contributed by atoms with van der Waals surface area (Å²) in [6, 6.07) is 16.0. The Morgan fingerprint density at radius 3 is 2.59 bits per heavy atom. The van der Waals surface area contributed by atoms with E-state index in [0.717, 1.165) is 36.2 Å². The van der Waals surface area contributed by atoms with Gasteiger partial charge in [-0.25, -0.2) is 4.68 Å². The summed E-state index contributed by atoms with van der Waals surface area (Å²) in [5, 5.41) is 6.38. The summed E-state index contributed by atoms with van der Waals surface area (Å²) >= 11 is 0. The molecule has 0 bridgehead atoms. The van der Waals surface area contributed by atoms with Crippen molar-refractivity contribution in [3.63, 3.8) is 0 Å². The van der Waals surface area contributed by atoms with E-state index in [-0.39, 0.29) is 11.7 Å². The Hall–Kier alpha value is -2.50. The Labute approximate surface area is 159 Å². The molecule has 5 heteroatoms. The normalized spacial score (nSPS) is 18.1. The van der Waals surface area contributed by atoms with E-state index in [1.807, 2.05) is 24.3 Å². The topological polar surface area (TPSA) is 47.4 Å². The van der Waals surface area contributed by atoms with Gasteiger partial charge in [-0.1, -0.05) is 55.0 Å². The molecule has 1 aliphatic heterocycles. The largest absolute Gasteiger partial charge is 0.376 e. The van der Waals surface area contributed by atoms with Crippen molar-refractivity contribution < 1.29 is 4.74 Å². The average Bonchev–Trinajstić information content (AvgIpc) is 2.71. The molecule has 0 N–H and O–H groups in total. The first-order valence-corrected chi connectivity index (χ1v) is 9.56. The first-order chi connectivity index (χ1) is 13.2. The number of hydrogen-bond donors (Lipinski definition) is 0. The van der Waals surface area contributed by atoms with Crippen LogP contribution in [0.1, 0.15) is 18.9 Å². The number of ether oxygens (including phenoxy) is 1. The van der Waals surface area contributed by atoms with Gasteiger partial charge in [-0.15, -0.1) is 0 Å². The van der Waals surface area contributed by atoms with Crippen molar-refractivity contribution in [2.24, 2.45) is 0 Å². The Morgan fingerprint density at radius 1 is 1.11 bits per heavy atom. The Morgan fingerprint density at radius 2 is 1.85 bits per heavy atom. The quantitative estimate of drug-likeness (QED) is 0.712. The van der Waals surface area contributed by atoms with Gasteiger partial charge in [0.05, 0.1) is 30.5 Å². The van der Waals surface area contributed by atoms with E-state index in [4.69, 9.17) is 9.84 Å². The third-order valence-corrected chi connectivity index (χ3v) is 5.20. The zero-order valence-electron chi connectivity index (χ0n) is 15.9. The van der Waals surface area contributed by atoms with Crippen molar-refractivity contribution >= 4 is 10.8 Å². The van der Waals surface area contributed by atoms with E-state index in [2.05, 4.69) is 43.0 Å². The lowest BCUT2D eigenvalue weighted by molar-refractivity contribution is -0.0414. The zero-order valence-corrected chi connectivity index (χ0v) is 15.9. The third kappa shape index (κ3) is 3.66. The molecule has 1 fully saturated rings. The maximum atomic E-state index is 13.0. The van der Waals surface area contributed by atoms with Gasteiger partial charge in [-0.2, -0.15) is 5.10 Å². The van der Waals surface area contributed by atoms with Crippen molar-refractivity contribution in [3.8, 4) is 11.3 Å². The lowest BCUT2D eigenvalue weighted by atomic mass is 10.0. The second kappa shape index (κ2) is 7.62. The molecule has 1 atom stereocenters. The number of rotatable bonds is 4. The minimum atomic E-state index is -0.0407. The van der Waals surface area contributed by atoms with Crippen LogP contribution >= 0.6 is 0 Å². The van der Waals surface area contributed by atoms with E-state index in [0.29, 0.717) is 18.7 Å². The van der Waals surface area contributed by atoms with Gasteiger partial charge in [0.2, 0.25) is 0 Å². The molecule has 4 rings (SSSR count). The number of aromatic nitrogens is 2. The molecule has 5 nitrogen and oxygen atoms in total. The third-order valence-electron chi connectivity index (χ3n) is 5.20. The highest BCUT2D eigenvalue weighted by atomic mass is 16.5. The molecule has 0 amide bonds. The molecule has 27 heavy (non-hydrogen) atoms. The van der Waals surface area contributed by atoms with Crippen LogP contribution in [0.5, 0.6) is 0 Å². The Bertz CT molecular complexity index is 995. The summed E-state index contributed by atoms with van der Waals surface area (Å²) in [5.74, 6) is 0. The minimum absolute atomic E-state index is 0.0407. The van der Waals surface area contributed by atoms with Crippen LogP contribution in [0.25, 0.3) is 22.0 Å². The summed E-state index contributed by atoms with van der Waals surface area (Å²) in [7, 11) is 0. The van der Waals surface area contributed by atoms with Gasteiger partial charge < -0.3 is 4.74 Å². The van der Waals surface area contributed by atoms with Gasteiger partial charge >= 0.3 is 0 Å². The van der Waals surface area contributed by atoms with Gasteiger partial charge in [0.15, 0.2) is 0 Å². The standard InChI is InChI=1S/C22H25N3O2/c1-3-18-14-24(12-13-27-18)15-25-22(26)20-7-5-4-6-19(20)21(23-25)17-10-8-16(2)9-11-17/h4-11,18H,3,12-15H2,1-2H3. The molecule has 0 saturated carbocycles. The predicted octanol–water partition coefficient (Wildman–Crippen LogP) is 3.44. The summed E-state index contributed by atoms with van der Waals surface area (Å²) in [6.07, 6.45) is 1.21. The molecule has 2 aromatic carbocycles. The molecular formula is C22H25N3O2. The van der Waals surface area contributed by atoms with Crippen LogP contribution in [-0.2, 0) is 11.4 Å². The fourth-order valence-electron chi connectivity index (χ4n) is 3.60. The van der Waals surface area contributed by atoms with E-state index < -0.39 is 0 Å². The fourth-order valence-corrected chi connectivity index (χ4v) is 3.60. The van der Waals surface area contributed by atoms with Crippen molar-refractivity contribution in [1.29, 1.82) is 0 Å². The van der Waals surface area contributed by atoms with Crippen molar-refractivity contribution in [1.82, 2.24) is 14.7 Å². The Balaban J connectivity index is 1.78. The van der Waals surface area contributed by atoms with Crippen LogP contribution < -0.4 is 5.56 Å². The molecule has 0 spiro atoms. The molecule has 1 saturated heterocycles. The fraction of sp³-hybridized carbons (Fsp3) is 0.364. The first-order valence-electron chi connectivity index (χ1n) is 9.56. The van der Waals surface area contributed by atoms with Gasteiger partial charge in [-0.05, 0) is 19.4 Å². The van der Waals surface area contributed by atoms with E-state index >= 15 is 0 Å². The molecule has 140 valence electrons. The van der Waals surface area contributed by atoms with Gasteiger partial charge in [0.25, 0.3) is 5.56 Å². The highest BCUT2D eigenvalue weighted by molar-refractivity contribution is 5.93. The lowest BCUT2D eigenvalue weighted by Crippen LogP contribution is -2.44. The number of benzene rings is 2. The Kier molecular flexibility index (Phi) is 5.05. The maximum Gasteiger partial charge on any atom is 0.275 e. The number of aryl methyl sites for hydroxylation is 1. The molecule has 0 aliphatic carbocycles. The number of hydrogen-bond acceptors (Lipinski definition) is 4. The molecule has 3 aromatic rings. The molecule has 1 unspecified atom stereocenters. The van der Waals surface area contributed by atoms with Gasteiger partial charge in [0.1, 0.15) is 0 Å². The van der Waals surface area contributed by atoms with Gasteiger partial charge in [-0.3, -0.25) is 9.69 Å².